The summed E-state index contributed by atoms with van der Waals surface area (Å²) >= 11 is 3.74. The zero-order valence-electron chi connectivity index (χ0n) is 16.1. The fraction of sp³-hybridized carbons (Fsp3) is 0.438. The summed E-state index contributed by atoms with van der Waals surface area (Å²) < 4.78 is 4.16. The van der Waals surface area contributed by atoms with Gasteiger partial charge >= 0.3 is 11.9 Å². The first-order valence-electron chi connectivity index (χ1n) is 8.52. The van der Waals surface area contributed by atoms with E-state index in [1.807, 2.05) is 0 Å². The van der Waals surface area contributed by atoms with E-state index in [-0.39, 0.29) is 23.6 Å². The van der Waals surface area contributed by atoms with Crippen LogP contribution < -0.4 is 10.6 Å². The molecule has 0 bridgehead atoms. The third kappa shape index (κ3) is 4.87. The molecule has 13 nitrogen and oxygen atoms in total. The Kier molecular flexibility index (Phi) is 7.78. The second-order valence-corrected chi connectivity index (χ2v) is 8.09. The number of esters is 1. The van der Waals surface area contributed by atoms with Gasteiger partial charge in [0.05, 0.1) is 0 Å². The molecular weight excluding hydrogens is 504 g/mol. The molecule has 2 aliphatic heterocycles. The Balaban J connectivity index is 2.22. The van der Waals surface area contributed by atoms with E-state index in [4.69, 9.17) is 9.94 Å². The number of thioether (sulfide) groups is 1. The summed E-state index contributed by atoms with van der Waals surface area (Å²) in [6.07, 6.45) is 0. The van der Waals surface area contributed by atoms with E-state index >= 15 is 0 Å². The predicted octanol–water partition coefficient (Wildman–Crippen LogP) is -1.60. The second kappa shape index (κ2) is 9.91. The average molecular weight is 521 g/mol. The van der Waals surface area contributed by atoms with E-state index in [0.29, 0.717) is 0 Å². The Morgan fingerprint density at radius 1 is 1.32 bits per heavy atom. The van der Waals surface area contributed by atoms with E-state index in [1.54, 1.807) is 0 Å². The van der Waals surface area contributed by atoms with Gasteiger partial charge in [0.25, 0.3) is 5.91 Å². The maximum absolute atomic E-state index is 12.6. The van der Waals surface area contributed by atoms with E-state index in [2.05, 4.69) is 31.7 Å². The van der Waals surface area contributed by atoms with Gasteiger partial charge in [0.2, 0.25) is 17.6 Å². The number of nitrogens with zero attached hydrogens (tertiary/aromatic N) is 2. The number of oxime groups is 1. The number of rotatable bonds is 8. The number of carboxylic acid groups (broad SMARTS) is 1. The molecule has 0 saturated carbocycles. The molecule has 0 aromatic rings. The second-order valence-electron chi connectivity index (χ2n) is 6.24. The van der Waals surface area contributed by atoms with Gasteiger partial charge in [-0.2, -0.15) is 0 Å². The molecule has 2 rings (SSSR count). The number of hydrogen-bond donors (Lipinski definition) is 4. The van der Waals surface area contributed by atoms with Gasteiger partial charge in [0.1, 0.15) is 23.7 Å². The van der Waals surface area contributed by atoms with Crippen LogP contribution in [0.5, 0.6) is 0 Å². The van der Waals surface area contributed by atoms with Crippen LogP contribution in [-0.4, -0.2) is 86.1 Å². The lowest BCUT2D eigenvalue weighted by Gasteiger charge is -2.49. The first-order valence-corrected chi connectivity index (χ1v) is 10.4. The molecule has 31 heavy (non-hydrogen) atoms. The SMILES string of the molecule is CNC(=O)C(C(=O)NC1C(=O)N2C(C(=O)O)=C(COC(C)=O)CS[C@H]12)C(=O)C(Br)=NO. The van der Waals surface area contributed by atoms with E-state index in [9.17, 15) is 33.9 Å². The number of β-lactam (4-membered cyclic amide) rings is 1. The molecule has 1 fully saturated rings. The number of ketones is 1. The minimum atomic E-state index is -1.94. The number of hydrogen-bond acceptors (Lipinski definition) is 10. The highest BCUT2D eigenvalue weighted by Gasteiger charge is 2.55. The van der Waals surface area contributed by atoms with Gasteiger partial charge in [-0.25, -0.2) is 4.79 Å². The van der Waals surface area contributed by atoms with Crippen LogP contribution in [0.25, 0.3) is 0 Å². The molecule has 2 unspecified atom stereocenters. The molecule has 0 radical (unpaired) electrons. The van der Waals surface area contributed by atoms with E-state index in [1.165, 1.54) is 7.05 Å². The van der Waals surface area contributed by atoms with Gasteiger partial charge in [-0.05, 0) is 15.9 Å². The lowest BCUT2D eigenvalue weighted by molar-refractivity contribution is -0.152. The van der Waals surface area contributed by atoms with Crippen LogP contribution in [0.2, 0.25) is 0 Å². The maximum atomic E-state index is 12.6. The summed E-state index contributed by atoms with van der Waals surface area (Å²) in [4.78, 5) is 73.0. The first kappa shape index (κ1) is 24.3. The van der Waals surface area contributed by atoms with Crippen LogP contribution in [0.1, 0.15) is 6.92 Å². The highest BCUT2D eigenvalue weighted by molar-refractivity contribution is 9.19. The molecule has 0 aromatic heterocycles. The summed E-state index contributed by atoms with van der Waals surface area (Å²) in [7, 11) is 1.18. The van der Waals surface area contributed by atoms with Gasteiger partial charge in [-0.15, -0.1) is 11.8 Å². The topological polar surface area (TPSA) is 192 Å². The maximum Gasteiger partial charge on any atom is 0.352 e. The summed E-state index contributed by atoms with van der Waals surface area (Å²) in [5.74, 6) is -7.92. The first-order chi connectivity index (χ1) is 14.5. The van der Waals surface area contributed by atoms with Crippen molar-refractivity contribution < 1.29 is 43.8 Å². The molecule has 15 heteroatoms. The molecule has 1 saturated heterocycles. The smallest absolute Gasteiger partial charge is 0.352 e. The van der Waals surface area contributed by atoms with Crippen LogP contribution in [0.3, 0.4) is 0 Å². The van der Waals surface area contributed by atoms with Crippen molar-refractivity contribution in [3.63, 3.8) is 0 Å². The van der Waals surface area contributed by atoms with Crippen molar-refractivity contribution >= 4 is 67.8 Å². The minimum absolute atomic E-state index is 0.107. The van der Waals surface area contributed by atoms with Crippen molar-refractivity contribution in [3.05, 3.63) is 11.3 Å². The van der Waals surface area contributed by atoms with Crippen molar-refractivity contribution in [2.45, 2.75) is 18.3 Å². The molecule has 4 N–H and O–H groups in total. The van der Waals surface area contributed by atoms with Gasteiger partial charge in [0, 0.05) is 25.3 Å². The van der Waals surface area contributed by atoms with E-state index in [0.717, 1.165) is 23.6 Å². The molecule has 0 aromatic carbocycles. The van der Waals surface area contributed by atoms with E-state index < -0.39 is 57.4 Å². The number of carbonyl (C=O) groups is 6. The van der Waals surface area contributed by atoms with Crippen molar-refractivity contribution in [1.29, 1.82) is 0 Å². The van der Waals surface area contributed by atoms with Crippen LogP contribution >= 0.6 is 27.7 Å². The molecule has 0 aliphatic carbocycles. The van der Waals surface area contributed by atoms with Crippen LogP contribution in [0.15, 0.2) is 16.4 Å². The number of amides is 3. The quantitative estimate of drug-likeness (QED) is 0.0723. The standard InChI is InChI=1S/C16H17BrN4O9S/c1-5(22)30-3-6-4-31-15-8(14(26)21(15)9(6)16(27)28)19-13(25)7(12(24)18-2)10(23)11(17)20-29/h7-8,15,29H,3-4H2,1-2H3,(H,18,24)(H,19,25)(H,27,28)/t7?,8?,15-/m1/s1. The monoisotopic (exact) mass is 520 g/mol. The van der Waals surface area contributed by atoms with Gasteiger partial charge in [-0.1, -0.05) is 5.16 Å². The molecule has 3 atom stereocenters. The van der Waals surface area contributed by atoms with Gasteiger partial charge in [-0.3, -0.25) is 28.9 Å². The average Bonchev–Trinajstić information content (AvgIpc) is 2.74. The lowest BCUT2D eigenvalue weighted by atomic mass is 9.99. The zero-order chi connectivity index (χ0) is 23.5. The summed E-state index contributed by atoms with van der Waals surface area (Å²) in [6.45, 7) is 0.851. The Hall–Kier alpha value is -2.94. The van der Waals surface area contributed by atoms with Crippen LogP contribution in [0, 0.1) is 5.92 Å². The molecule has 3 amide bonds. The molecular formula is C16H17BrN4O9S. The minimum Gasteiger partial charge on any atom is -0.477 e. The van der Waals surface area contributed by atoms with Crippen molar-refractivity contribution in [2.75, 3.05) is 19.4 Å². The Bertz CT molecular complexity index is 919. The highest BCUT2D eigenvalue weighted by atomic mass is 79.9. The largest absolute Gasteiger partial charge is 0.477 e. The Morgan fingerprint density at radius 3 is 2.48 bits per heavy atom. The molecule has 168 valence electrons. The fourth-order valence-electron chi connectivity index (χ4n) is 2.89. The number of halogens is 1. The number of fused-ring (bicyclic) bond motifs is 1. The molecule has 0 spiro atoms. The third-order valence-electron chi connectivity index (χ3n) is 4.32. The molecule has 2 aliphatic rings. The normalized spacial score (nSPS) is 21.5. The Labute approximate surface area is 187 Å². The fourth-order valence-corrected chi connectivity index (χ4v) is 4.45. The number of aliphatic carboxylic acids is 1. The third-order valence-corrected chi connectivity index (χ3v) is 6.21. The van der Waals surface area contributed by atoms with Gasteiger partial charge < -0.3 is 25.7 Å². The summed E-state index contributed by atoms with van der Waals surface area (Å²) in [5, 5.41) is 24.4. The Morgan fingerprint density at radius 2 is 1.97 bits per heavy atom. The summed E-state index contributed by atoms with van der Waals surface area (Å²) in [5.41, 5.74) is -0.141. The number of nitrogens with one attached hydrogen (secondary N) is 2. The molecule has 2 heterocycles. The number of carboxylic acids is 1. The lowest BCUT2D eigenvalue weighted by Crippen LogP contribution is -2.71. The summed E-state index contributed by atoms with van der Waals surface area (Å²) in [6, 6.07) is -1.20. The van der Waals surface area contributed by atoms with Gasteiger partial charge in [0.15, 0.2) is 10.5 Å². The van der Waals surface area contributed by atoms with Crippen LogP contribution in [0.4, 0.5) is 0 Å². The number of Topliss-reactive ketones (excluding diaryl/α,β-unsaturated/α-hetero) is 1. The number of ether oxygens (including phenoxy) is 1. The highest BCUT2D eigenvalue weighted by Crippen LogP contribution is 2.40. The number of carbonyl (C=O) groups excluding carboxylic acids is 5. The van der Waals surface area contributed by atoms with Crippen molar-refractivity contribution in [3.8, 4) is 0 Å². The van der Waals surface area contributed by atoms with Crippen molar-refractivity contribution in [1.82, 2.24) is 15.5 Å². The van der Waals surface area contributed by atoms with Crippen molar-refractivity contribution in [2.24, 2.45) is 11.1 Å². The zero-order valence-corrected chi connectivity index (χ0v) is 18.5. The predicted molar refractivity (Wildman–Crippen MR) is 107 cm³/mol. The van der Waals surface area contributed by atoms with Crippen LogP contribution in [-0.2, 0) is 33.5 Å².